The average molecular weight is 256 g/mol. The number of ketones is 1. The molecule has 0 unspecified atom stereocenters. The second-order valence-corrected chi connectivity index (χ2v) is 5.57. The van der Waals surface area contributed by atoms with E-state index in [0.29, 0.717) is 12.6 Å². The first-order valence-electron chi connectivity index (χ1n) is 6.90. The van der Waals surface area contributed by atoms with Gasteiger partial charge in [-0.25, -0.2) is 0 Å². The minimum Gasteiger partial charge on any atom is -0.347 e. The van der Waals surface area contributed by atoms with Gasteiger partial charge in [-0.3, -0.25) is 4.79 Å². The molecule has 1 heterocycles. The van der Waals surface area contributed by atoms with Crippen LogP contribution >= 0.6 is 0 Å². The lowest BCUT2D eigenvalue weighted by Gasteiger charge is -2.03. The van der Waals surface area contributed by atoms with E-state index in [0.717, 1.165) is 16.6 Å². The van der Waals surface area contributed by atoms with Crippen molar-refractivity contribution in [3.8, 4) is 0 Å². The Bertz CT molecular complexity index is 650. The fourth-order valence-corrected chi connectivity index (χ4v) is 2.80. The number of aryl methyl sites for hydroxylation is 2. The maximum absolute atomic E-state index is 12.5. The third-order valence-electron chi connectivity index (χ3n) is 4.11. The van der Waals surface area contributed by atoms with Crippen LogP contribution in [0.2, 0.25) is 0 Å². The van der Waals surface area contributed by atoms with E-state index in [1.54, 1.807) is 0 Å². The first kappa shape index (κ1) is 12.4. The Kier molecular flexibility index (Phi) is 2.94. The summed E-state index contributed by atoms with van der Waals surface area (Å²) >= 11 is 0. The van der Waals surface area contributed by atoms with Gasteiger partial charge in [0.15, 0.2) is 5.78 Å². The molecule has 0 bridgehead atoms. The van der Waals surface area contributed by atoms with Crippen molar-refractivity contribution in [1.82, 2.24) is 9.88 Å². The number of nitrogens with zero attached hydrogens (tertiary/aromatic N) is 1. The summed E-state index contributed by atoms with van der Waals surface area (Å²) in [6.45, 7) is 4.58. The third kappa shape index (κ3) is 2.08. The van der Waals surface area contributed by atoms with Crippen molar-refractivity contribution >= 4 is 16.7 Å². The zero-order valence-corrected chi connectivity index (χ0v) is 11.8. The topological polar surface area (TPSA) is 34.0 Å². The lowest BCUT2D eigenvalue weighted by Crippen LogP contribution is -2.25. The highest BCUT2D eigenvalue weighted by molar-refractivity contribution is 6.10. The Balaban J connectivity index is 2.04. The molecule has 100 valence electrons. The maximum atomic E-state index is 12.5. The third-order valence-corrected chi connectivity index (χ3v) is 4.11. The first-order valence-corrected chi connectivity index (χ1v) is 6.90. The van der Waals surface area contributed by atoms with Crippen LogP contribution in [-0.2, 0) is 7.05 Å². The molecule has 1 fully saturated rings. The van der Waals surface area contributed by atoms with Crippen LogP contribution in [0.5, 0.6) is 0 Å². The molecule has 1 aliphatic carbocycles. The molecule has 0 aliphatic heterocycles. The first-order chi connectivity index (χ1) is 9.09. The smallest absolute Gasteiger partial charge is 0.179 e. The van der Waals surface area contributed by atoms with E-state index < -0.39 is 0 Å². The number of para-hydroxylation sites is 1. The van der Waals surface area contributed by atoms with Crippen molar-refractivity contribution in [3.63, 3.8) is 0 Å². The van der Waals surface area contributed by atoms with E-state index in [9.17, 15) is 4.79 Å². The van der Waals surface area contributed by atoms with Crippen LogP contribution in [0.25, 0.3) is 10.9 Å². The number of hydrogen-bond acceptors (Lipinski definition) is 2. The lowest BCUT2D eigenvalue weighted by atomic mass is 10.0. The van der Waals surface area contributed by atoms with Crippen LogP contribution in [0.4, 0.5) is 0 Å². The van der Waals surface area contributed by atoms with Gasteiger partial charge in [0, 0.05) is 29.7 Å². The number of Topliss-reactive ketones (excluding diaryl/α,β-unsaturated/α-hetero) is 1. The number of rotatable bonds is 4. The summed E-state index contributed by atoms with van der Waals surface area (Å²) in [7, 11) is 2.04. The van der Waals surface area contributed by atoms with Crippen LogP contribution in [0.3, 0.4) is 0 Å². The minimum absolute atomic E-state index is 0.209. The Morgan fingerprint density at radius 3 is 2.79 bits per heavy atom. The van der Waals surface area contributed by atoms with Gasteiger partial charge in [0.1, 0.15) is 0 Å². The normalized spacial score (nSPS) is 15.1. The van der Waals surface area contributed by atoms with Crippen LogP contribution < -0.4 is 5.32 Å². The van der Waals surface area contributed by atoms with Gasteiger partial charge in [-0.15, -0.1) is 0 Å². The molecule has 1 aliphatic rings. The fourth-order valence-electron chi connectivity index (χ4n) is 2.80. The van der Waals surface area contributed by atoms with Crippen LogP contribution in [0.15, 0.2) is 18.2 Å². The van der Waals surface area contributed by atoms with Gasteiger partial charge in [-0.1, -0.05) is 18.2 Å². The summed E-state index contributed by atoms with van der Waals surface area (Å²) < 4.78 is 2.13. The zero-order valence-electron chi connectivity index (χ0n) is 11.8. The summed E-state index contributed by atoms with van der Waals surface area (Å²) in [5.74, 6) is 0.209. The van der Waals surface area contributed by atoms with E-state index in [1.807, 2.05) is 20.0 Å². The van der Waals surface area contributed by atoms with E-state index in [2.05, 4.69) is 28.9 Å². The Morgan fingerprint density at radius 2 is 2.11 bits per heavy atom. The number of carbonyl (C=O) groups excluding carboxylic acids is 1. The summed E-state index contributed by atoms with van der Waals surface area (Å²) in [5.41, 5.74) is 4.34. The molecule has 3 heteroatoms. The summed E-state index contributed by atoms with van der Waals surface area (Å²) in [6.07, 6.45) is 2.42. The summed E-state index contributed by atoms with van der Waals surface area (Å²) in [6, 6.07) is 6.75. The number of nitrogens with one attached hydrogen (secondary N) is 1. The van der Waals surface area contributed by atoms with E-state index in [4.69, 9.17) is 0 Å². The molecule has 0 saturated heterocycles. The highest BCUT2D eigenvalue weighted by atomic mass is 16.1. The highest BCUT2D eigenvalue weighted by Gasteiger charge is 2.24. The predicted octanol–water partition coefficient (Wildman–Crippen LogP) is 2.73. The van der Waals surface area contributed by atoms with Crippen molar-refractivity contribution in [3.05, 3.63) is 35.0 Å². The molecule has 1 aromatic carbocycles. The maximum Gasteiger partial charge on any atom is 0.179 e. The van der Waals surface area contributed by atoms with Crippen molar-refractivity contribution in [2.24, 2.45) is 7.05 Å². The molecule has 3 rings (SSSR count). The lowest BCUT2D eigenvalue weighted by molar-refractivity contribution is 0.0991. The van der Waals surface area contributed by atoms with Crippen LogP contribution in [-0.4, -0.2) is 22.9 Å². The Morgan fingerprint density at radius 1 is 1.37 bits per heavy atom. The molecule has 1 saturated carbocycles. The van der Waals surface area contributed by atoms with Gasteiger partial charge >= 0.3 is 0 Å². The number of aromatic nitrogens is 1. The zero-order chi connectivity index (χ0) is 13.6. The molecule has 2 aromatic rings. The SMILES string of the molecule is Cc1cccc2c(C(=O)CNC3CC3)c(C)n(C)c12. The summed E-state index contributed by atoms with van der Waals surface area (Å²) in [4.78, 5) is 12.5. The van der Waals surface area contributed by atoms with E-state index >= 15 is 0 Å². The molecule has 0 spiro atoms. The minimum atomic E-state index is 0.209. The Labute approximate surface area is 113 Å². The van der Waals surface area contributed by atoms with E-state index in [1.165, 1.54) is 23.9 Å². The number of benzene rings is 1. The molecule has 1 aromatic heterocycles. The highest BCUT2D eigenvalue weighted by Crippen LogP contribution is 2.28. The average Bonchev–Trinajstić information content (AvgIpc) is 3.16. The van der Waals surface area contributed by atoms with Crippen LogP contribution in [0, 0.1) is 13.8 Å². The molecule has 3 nitrogen and oxygen atoms in total. The second-order valence-electron chi connectivity index (χ2n) is 5.57. The van der Waals surface area contributed by atoms with Gasteiger partial charge in [0.05, 0.1) is 12.1 Å². The predicted molar refractivity (Wildman–Crippen MR) is 77.7 cm³/mol. The van der Waals surface area contributed by atoms with Crippen molar-refractivity contribution in [1.29, 1.82) is 0 Å². The van der Waals surface area contributed by atoms with Crippen molar-refractivity contribution in [2.75, 3.05) is 6.54 Å². The standard InChI is InChI=1S/C16H20N2O/c1-10-5-4-6-13-15(11(2)18(3)16(10)13)14(19)9-17-12-7-8-12/h4-6,12,17H,7-9H2,1-3H3. The molecule has 0 radical (unpaired) electrons. The largest absolute Gasteiger partial charge is 0.347 e. The van der Waals surface area contributed by atoms with Crippen molar-refractivity contribution < 1.29 is 4.79 Å². The number of carbonyl (C=O) groups is 1. The second kappa shape index (κ2) is 4.49. The molecule has 19 heavy (non-hydrogen) atoms. The Hall–Kier alpha value is -1.61. The van der Waals surface area contributed by atoms with Crippen molar-refractivity contribution in [2.45, 2.75) is 32.7 Å². The number of fused-ring (bicyclic) bond motifs is 1. The van der Waals surface area contributed by atoms with Gasteiger partial charge in [-0.05, 0) is 32.3 Å². The van der Waals surface area contributed by atoms with Gasteiger partial charge in [0.2, 0.25) is 0 Å². The van der Waals surface area contributed by atoms with Crippen LogP contribution in [0.1, 0.15) is 34.5 Å². The number of hydrogen-bond donors (Lipinski definition) is 1. The molecule has 0 atom stereocenters. The van der Waals surface area contributed by atoms with Gasteiger partial charge in [0.25, 0.3) is 0 Å². The molecular weight excluding hydrogens is 236 g/mol. The summed E-state index contributed by atoms with van der Waals surface area (Å²) in [5, 5.41) is 4.40. The molecular formula is C16H20N2O. The monoisotopic (exact) mass is 256 g/mol. The van der Waals surface area contributed by atoms with E-state index in [-0.39, 0.29) is 5.78 Å². The van der Waals surface area contributed by atoms with Gasteiger partial charge < -0.3 is 9.88 Å². The fraction of sp³-hybridized carbons (Fsp3) is 0.438. The molecule has 1 N–H and O–H groups in total. The quantitative estimate of drug-likeness (QED) is 0.853. The van der Waals surface area contributed by atoms with Gasteiger partial charge in [-0.2, -0.15) is 0 Å². The molecule has 0 amide bonds.